The fourth-order valence-corrected chi connectivity index (χ4v) is 3.73. The van der Waals surface area contributed by atoms with Gasteiger partial charge in [-0.3, -0.25) is 4.90 Å². The zero-order valence-electron chi connectivity index (χ0n) is 16.6. The van der Waals surface area contributed by atoms with E-state index in [0.717, 1.165) is 29.8 Å². The fraction of sp³-hybridized carbons (Fsp3) is 0.409. The lowest BCUT2D eigenvalue weighted by Gasteiger charge is -2.28. The topological polar surface area (TPSA) is 60.2 Å². The molecule has 6 nitrogen and oxygen atoms in total. The number of amides is 1. The van der Waals surface area contributed by atoms with E-state index in [2.05, 4.69) is 21.7 Å². The number of carbonyl (C=O) groups is 1. The van der Waals surface area contributed by atoms with Crippen molar-refractivity contribution in [1.29, 1.82) is 0 Å². The van der Waals surface area contributed by atoms with Crippen LogP contribution < -0.4 is 0 Å². The highest BCUT2D eigenvalue weighted by molar-refractivity contribution is 5.73. The van der Waals surface area contributed by atoms with Gasteiger partial charge in [0.05, 0.1) is 12.6 Å². The highest BCUT2D eigenvalue weighted by atomic mass is 16.6. The molecule has 0 N–H and O–H groups in total. The summed E-state index contributed by atoms with van der Waals surface area (Å²) in [6, 6.07) is 14.0. The summed E-state index contributed by atoms with van der Waals surface area (Å²) in [5, 5.41) is 0. The molecule has 28 heavy (non-hydrogen) atoms. The van der Waals surface area contributed by atoms with Crippen molar-refractivity contribution < 1.29 is 9.53 Å². The molecule has 1 unspecified atom stereocenters. The number of benzene rings is 1. The predicted molar refractivity (Wildman–Crippen MR) is 108 cm³/mol. The number of hydrogen-bond acceptors (Lipinski definition) is 4. The number of aromatic nitrogens is 3. The van der Waals surface area contributed by atoms with Gasteiger partial charge >= 0.3 is 6.09 Å². The Labute approximate surface area is 165 Å². The Morgan fingerprint density at radius 3 is 2.71 bits per heavy atom. The minimum Gasteiger partial charge on any atom is -0.444 e. The smallest absolute Gasteiger partial charge is 0.410 e. The summed E-state index contributed by atoms with van der Waals surface area (Å²) < 4.78 is 7.78. The van der Waals surface area contributed by atoms with Gasteiger partial charge < -0.3 is 9.30 Å². The van der Waals surface area contributed by atoms with E-state index in [4.69, 9.17) is 9.72 Å². The average molecular weight is 378 g/mol. The third-order valence-corrected chi connectivity index (χ3v) is 4.90. The maximum atomic E-state index is 12.8. The summed E-state index contributed by atoms with van der Waals surface area (Å²) in [7, 11) is 0. The lowest BCUT2D eigenvalue weighted by molar-refractivity contribution is 0.0216. The third kappa shape index (κ3) is 3.72. The van der Waals surface area contributed by atoms with Crippen LogP contribution in [0.5, 0.6) is 0 Å². The van der Waals surface area contributed by atoms with Crippen molar-refractivity contribution in [3.05, 3.63) is 60.0 Å². The van der Waals surface area contributed by atoms with E-state index in [9.17, 15) is 4.79 Å². The van der Waals surface area contributed by atoms with Gasteiger partial charge in [-0.2, -0.15) is 0 Å². The normalized spacial score (nSPS) is 17.2. The first kappa shape index (κ1) is 18.5. The van der Waals surface area contributed by atoms with Gasteiger partial charge in [-0.05, 0) is 51.3 Å². The third-order valence-electron chi connectivity index (χ3n) is 4.90. The van der Waals surface area contributed by atoms with E-state index in [-0.39, 0.29) is 12.1 Å². The van der Waals surface area contributed by atoms with Crippen LogP contribution in [0.25, 0.3) is 11.2 Å². The quantitative estimate of drug-likeness (QED) is 0.671. The van der Waals surface area contributed by atoms with Crippen molar-refractivity contribution in [1.82, 2.24) is 19.4 Å². The van der Waals surface area contributed by atoms with Crippen LogP contribution in [0.3, 0.4) is 0 Å². The molecule has 1 amide bonds. The molecule has 4 rings (SSSR count). The molecule has 0 saturated carbocycles. The number of carbonyl (C=O) groups excluding carboxylic acids is 1. The molecule has 1 aliphatic rings. The maximum Gasteiger partial charge on any atom is 0.410 e. The summed E-state index contributed by atoms with van der Waals surface area (Å²) in [6.45, 7) is 7.03. The van der Waals surface area contributed by atoms with E-state index < -0.39 is 5.60 Å². The molecule has 1 atom stereocenters. The van der Waals surface area contributed by atoms with Crippen molar-refractivity contribution in [2.75, 3.05) is 6.54 Å². The molecule has 1 aromatic carbocycles. The molecule has 2 aromatic heterocycles. The molecule has 1 aliphatic heterocycles. The Kier molecular flexibility index (Phi) is 4.79. The summed E-state index contributed by atoms with van der Waals surface area (Å²) in [5.74, 6) is 0.876. The lowest BCUT2D eigenvalue weighted by Crippen LogP contribution is -2.37. The number of hydrogen-bond donors (Lipinski definition) is 0. The number of nitrogens with zero attached hydrogens (tertiary/aromatic N) is 4. The minimum atomic E-state index is -0.518. The Hall–Kier alpha value is -2.89. The molecule has 3 aromatic rings. The number of rotatable bonds is 3. The zero-order valence-corrected chi connectivity index (χ0v) is 16.6. The molecular weight excluding hydrogens is 352 g/mol. The molecule has 146 valence electrons. The first-order chi connectivity index (χ1) is 13.4. The maximum absolute atomic E-state index is 12.8. The van der Waals surface area contributed by atoms with Crippen molar-refractivity contribution in [2.24, 2.45) is 0 Å². The minimum absolute atomic E-state index is 0.104. The fourth-order valence-electron chi connectivity index (χ4n) is 3.73. The van der Waals surface area contributed by atoms with Gasteiger partial charge in [-0.15, -0.1) is 0 Å². The van der Waals surface area contributed by atoms with Crippen molar-refractivity contribution >= 4 is 17.3 Å². The predicted octanol–water partition coefficient (Wildman–Crippen LogP) is 4.55. The highest BCUT2D eigenvalue weighted by Crippen LogP contribution is 2.34. The van der Waals surface area contributed by atoms with E-state index in [1.165, 1.54) is 5.56 Å². The van der Waals surface area contributed by atoms with E-state index in [0.29, 0.717) is 13.1 Å². The first-order valence-corrected chi connectivity index (χ1v) is 9.77. The lowest BCUT2D eigenvalue weighted by atomic mass is 10.2. The van der Waals surface area contributed by atoms with Crippen LogP contribution in [-0.2, 0) is 11.3 Å². The van der Waals surface area contributed by atoms with Crippen molar-refractivity contribution in [2.45, 2.75) is 51.8 Å². The Morgan fingerprint density at radius 2 is 1.96 bits per heavy atom. The van der Waals surface area contributed by atoms with Crippen molar-refractivity contribution in [3.63, 3.8) is 0 Å². The van der Waals surface area contributed by atoms with Crippen LogP contribution in [-0.4, -0.2) is 37.7 Å². The van der Waals surface area contributed by atoms with E-state index >= 15 is 0 Å². The average Bonchev–Trinajstić information content (AvgIpc) is 3.26. The van der Waals surface area contributed by atoms with E-state index in [1.54, 1.807) is 6.20 Å². The van der Waals surface area contributed by atoms with Crippen LogP contribution in [0, 0.1) is 0 Å². The number of likely N-dealkylation sites (tertiary alicyclic amines) is 1. The SMILES string of the molecule is CC(C)(C)OC(=O)N1CCCC1c1nc2cccnc2n1Cc1ccccc1. The summed E-state index contributed by atoms with van der Waals surface area (Å²) in [6.07, 6.45) is 3.32. The van der Waals surface area contributed by atoms with Gasteiger partial charge in [0.2, 0.25) is 0 Å². The largest absolute Gasteiger partial charge is 0.444 e. The second-order valence-corrected chi connectivity index (χ2v) is 8.22. The van der Waals surface area contributed by atoms with Gasteiger partial charge in [-0.1, -0.05) is 30.3 Å². The second-order valence-electron chi connectivity index (χ2n) is 8.22. The first-order valence-electron chi connectivity index (χ1n) is 9.77. The number of ether oxygens (including phenoxy) is 1. The monoisotopic (exact) mass is 378 g/mol. The van der Waals surface area contributed by atoms with Crippen LogP contribution in [0.2, 0.25) is 0 Å². The van der Waals surface area contributed by atoms with Crippen LogP contribution in [0.15, 0.2) is 48.7 Å². The van der Waals surface area contributed by atoms with Gasteiger partial charge in [0.25, 0.3) is 0 Å². The molecule has 3 heterocycles. The highest BCUT2D eigenvalue weighted by Gasteiger charge is 2.36. The van der Waals surface area contributed by atoms with Crippen molar-refractivity contribution in [3.8, 4) is 0 Å². The van der Waals surface area contributed by atoms with E-state index in [1.807, 2.05) is 56.0 Å². The summed E-state index contributed by atoms with van der Waals surface area (Å²) in [4.78, 5) is 24.0. The molecular formula is C22H26N4O2. The number of imidazole rings is 1. The summed E-state index contributed by atoms with van der Waals surface area (Å²) >= 11 is 0. The Bertz CT molecular complexity index is 975. The van der Waals surface area contributed by atoms with Gasteiger partial charge in [0.1, 0.15) is 16.9 Å². The molecule has 0 radical (unpaired) electrons. The molecule has 0 bridgehead atoms. The zero-order chi connectivity index (χ0) is 19.7. The second kappa shape index (κ2) is 7.26. The standard InChI is InChI=1S/C22H26N4O2/c1-22(2,3)28-21(27)25-14-8-12-18(25)20-24-17-11-7-13-23-19(17)26(20)15-16-9-5-4-6-10-16/h4-7,9-11,13,18H,8,12,14-15H2,1-3H3. The Balaban J connectivity index is 1.73. The van der Waals surface area contributed by atoms with Crippen LogP contribution in [0.4, 0.5) is 4.79 Å². The molecule has 0 spiro atoms. The molecule has 6 heteroatoms. The number of fused-ring (bicyclic) bond motifs is 1. The molecule has 1 fully saturated rings. The summed E-state index contributed by atoms with van der Waals surface area (Å²) in [5.41, 5.74) is 2.35. The van der Waals surface area contributed by atoms with Gasteiger partial charge in [-0.25, -0.2) is 14.8 Å². The molecule has 0 aliphatic carbocycles. The van der Waals surface area contributed by atoms with Crippen LogP contribution in [0.1, 0.15) is 51.0 Å². The number of pyridine rings is 1. The Morgan fingerprint density at radius 1 is 1.18 bits per heavy atom. The molecule has 1 saturated heterocycles. The van der Waals surface area contributed by atoms with Gasteiger partial charge in [0, 0.05) is 12.7 Å². The van der Waals surface area contributed by atoms with Gasteiger partial charge in [0.15, 0.2) is 5.65 Å². The van der Waals surface area contributed by atoms with Crippen LogP contribution >= 0.6 is 0 Å².